The minimum atomic E-state index is 0. The summed E-state index contributed by atoms with van der Waals surface area (Å²) in [5.74, 6) is 0. The van der Waals surface area contributed by atoms with Crippen molar-refractivity contribution < 1.29 is 41.3 Å². The van der Waals surface area contributed by atoms with E-state index in [1.54, 1.807) is 0 Å². The Balaban J connectivity index is 0.000000364. The van der Waals surface area contributed by atoms with Crippen LogP contribution < -0.4 is 0 Å². The summed E-state index contributed by atoms with van der Waals surface area (Å²) < 4.78 is 0. The fourth-order valence-corrected chi connectivity index (χ4v) is 2.81. The van der Waals surface area contributed by atoms with E-state index in [1.165, 1.54) is 33.4 Å². The summed E-state index contributed by atoms with van der Waals surface area (Å²) in [5.41, 5.74) is 8.79. The van der Waals surface area contributed by atoms with Crippen molar-refractivity contribution in [2.45, 2.75) is 69.2 Å². The molecule has 0 spiro atoms. The summed E-state index contributed by atoms with van der Waals surface area (Å²) in [6.07, 6.45) is 6.87. The SMILES string of the molecule is CC1=[C-]C(C)(C)C(C)=C1C.CC1=[C-]C(C)(C)C(C)=C1C.[Pr]. The Morgan fingerprint density at radius 2 is 0.810 bits per heavy atom. The molecule has 0 saturated carbocycles. The Morgan fingerprint density at radius 3 is 0.857 bits per heavy atom. The Labute approximate surface area is 165 Å². The maximum atomic E-state index is 3.44. The number of hydrogen-bond acceptors (Lipinski definition) is 0. The van der Waals surface area contributed by atoms with E-state index in [0.717, 1.165) is 0 Å². The van der Waals surface area contributed by atoms with Gasteiger partial charge in [-0.25, -0.2) is 11.1 Å². The van der Waals surface area contributed by atoms with E-state index >= 15 is 0 Å². The molecule has 0 bridgehead atoms. The molecule has 0 aromatic rings. The van der Waals surface area contributed by atoms with Crippen LogP contribution in [-0.2, 0) is 0 Å². The molecule has 0 heterocycles. The third-order valence-electron chi connectivity index (χ3n) is 5.12. The van der Waals surface area contributed by atoms with E-state index in [-0.39, 0.29) is 52.1 Å². The van der Waals surface area contributed by atoms with Crippen LogP contribution in [0.3, 0.4) is 0 Å². The molecular weight excluding hydrogens is 381 g/mol. The molecule has 0 unspecified atom stereocenters. The first kappa shape index (κ1) is 21.3. The van der Waals surface area contributed by atoms with E-state index in [1.807, 2.05) is 0 Å². The molecule has 0 fully saturated rings. The summed E-state index contributed by atoms with van der Waals surface area (Å²) in [5, 5.41) is 0. The van der Waals surface area contributed by atoms with Crippen molar-refractivity contribution in [2.24, 2.45) is 10.8 Å². The molecule has 1 radical (unpaired) electrons. The molecular formula is C20H30Pr-2. The van der Waals surface area contributed by atoms with E-state index in [2.05, 4.69) is 81.4 Å². The van der Waals surface area contributed by atoms with Gasteiger partial charge in [-0.2, -0.15) is 22.3 Å². The van der Waals surface area contributed by atoms with Crippen molar-refractivity contribution in [1.29, 1.82) is 0 Å². The topological polar surface area (TPSA) is 0 Å². The average molecular weight is 411 g/mol. The van der Waals surface area contributed by atoms with Gasteiger partial charge in [0, 0.05) is 41.3 Å². The Bertz CT molecular complexity index is 484. The molecule has 1 heteroatoms. The summed E-state index contributed by atoms with van der Waals surface area (Å²) in [7, 11) is 0. The van der Waals surface area contributed by atoms with Crippen LogP contribution in [0.5, 0.6) is 0 Å². The zero-order chi connectivity index (χ0) is 15.9. The van der Waals surface area contributed by atoms with Gasteiger partial charge < -0.3 is 0 Å². The molecule has 0 amide bonds. The van der Waals surface area contributed by atoms with E-state index < -0.39 is 0 Å². The van der Waals surface area contributed by atoms with Gasteiger partial charge in [0.2, 0.25) is 0 Å². The molecule has 0 N–H and O–H groups in total. The molecule has 0 aromatic carbocycles. The Morgan fingerprint density at radius 1 is 0.571 bits per heavy atom. The predicted molar refractivity (Wildman–Crippen MR) is 89.2 cm³/mol. The first-order chi connectivity index (χ1) is 8.90. The van der Waals surface area contributed by atoms with Crippen molar-refractivity contribution in [3.8, 4) is 0 Å². The second kappa shape index (κ2) is 7.26. The fraction of sp³-hybridized carbons (Fsp3) is 0.600. The van der Waals surface area contributed by atoms with Crippen molar-refractivity contribution in [2.75, 3.05) is 0 Å². The number of allylic oxidation sites excluding steroid dienone is 8. The van der Waals surface area contributed by atoms with Gasteiger partial charge in [-0.1, -0.05) is 66.2 Å². The average Bonchev–Trinajstić information content (AvgIpc) is 2.60. The molecule has 21 heavy (non-hydrogen) atoms. The standard InChI is InChI=1S/2C10H15.Pr/c2*1-7-6-10(4,5)9(3)8(7)2;/h2*1-5H3;/q2*-1;. The first-order valence-electron chi connectivity index (χ1n) is 7.50. The quantitative estimate of drug-likeness (QED) is 0.415. The van der Waals surface area contributed by atoms with Gasteiger partial charge in [-0.3, -0.25) is 12.2 Å². The number of rotatable bonds is 0. The Kier molecular flexibility index (Phi) is 7.38. The van der Waals surface area contributed by atoms with Crippen LogP contribution >= 0.6 is 0 Å². The zero-order valence-electron chi connectivity index (χ0n) is 15.6. The Hall–Kier alpha value is 0.324. The number of hydrogen-bond donors (Lipinski definition) is 0. The van der Waals surface area contributed by atoms with Gasteiger partial charge in [-0.15, -0.1) is 13.8 Å². The van der Waals surface area contributed by atoms with Crippen molar-refractivity contribution >= 4 is 0 Å². The van der Waals surface area contributed by atoms with Gasteiger partial charge in [0.15, 0.2) is 0 Å². The van der Waals surface area contributed by atoms with Crippen LogP contribution in [-0.4, -0.2) is 0 Å². The third kappa shape index (κ3) is 4.65. The van der Waals surface area contributed by atoms with Crippen molar-refractivity contribution in [1.82, 2.24) is 0 Å². The van der Waals surface area contributed by atoms with Gasteiger partial charge in [0.05, 0.1) is 0 Å². The van der Waals surface area contributed by atoms with Gasteiger partial charge in [-0.05, 0) is 0 Å². The molecule has 0 aliphatic heterocycles. The van der Waals surface area contributed by atoms with E-state index in [9.17, 15) is 0 Å². The third-order valence-corrected chi connectivity index (χ3v) is 5.12. The van der Waals surface area contributed by atoms with Gasteiger partial charge in [0.1, 0.15) is 0 Å². The first-order valence-corrected chi connectivity index (χ1v) is 7.50. The van der Waals surface area contributed by atoms with Crippen LogP contribution in [0.25, 0.3) is 0 Å². The summed E-state index contributed by atoms with van der Waals surface area (Å²) >= 11 is 0. The maximum Gasteiger partial charge on any atom is 0 e. The van der Waals surface area contributed by atoms with E-state index in [0.29, 0.717) is 0 Å². The van der Waals surface area contributed by atoms with Crippen LogP contribution in [0.1, 0.15) is 69.2 Å². The molecule has 115 valence electrons. The summed E-state index contributed by atoms with van der Waals surface area (Å²) in [6.45, 7) is 21.8. The second-order valence-corrected chi connectivity index (χ2v) is 7.25. The maximum absolute atomic E-state index is 3.44. The van der Waals surface area contributed by atoms with Gasteiger partial charge >= 0.3 is 0 Å². The van der Waals surface area contributed by atoms with Crippen LogP contribution in [0.2, 0.25) is 0 Å². The van der Waals surface area contributed by atoms with Crippen molar-refractivity contribution in [3.05, 3.63) is 45.6 Å². The predicted octanol–water partition coefficient (Wildman–Crippen LogP) is 6.22. The molecule has 2 rings (SSSR count). The molecule has 2 aliphatic rings. The minimum absolute atomic E-state index is 0. The minimum Gasteiger partial charge on any atom is -0.263 e. The molecule has 0 saturated heterocycles. The van der Waals surface area contributed by atoms with E-state index in [4.69, 9.17) is 0 Å². The smallest absolute Gasteiger partial charge is 0 e. The summed E-state index contributed by atoms with van der Waals surface area (Å²) in [6, 6.07) is 0. The molecule has 0 aromatic heterocycles. The largest absolute Gasteiger partial charge is 0.263 e. The second-order valence-electron chi connectivity index (χ2n) is 7.25. The van der Waals surface area contributed by atoms with Crippen LogP contribution in [0.4, 0.5) is 0 Å². The van der Waals surface area contributed by atoms with Gasteiger partial charge in [0.25, 0.3) is 0 Å². The molecule has 2 aliphatic carbocycles. The van der Waals surface area contributed by atoms with Crippen LogP contribution in [0, 0.1) is 64.3 Å². The normalized spacial score (nSPS) is 22.4. The van der Waals surface area contributed by atoms with Crippen LogP contribution in [0.15, 0.2) is 33.4 Å². The monoisotopic (exact) mass is 411 g/mol. The zero-order valence-corrected chi connectivity index (χ0v) is 19.3. The molecule has 0 nitrogen and oxygen atoms in total. The summed E-state index contributed by atoms with van der Waals surface area (Å²) in [4.78, 5) is 0. The molecule has 0 atom stereocenters. The fourth-order valence-electron chi connectivity index (χ4n) is 2.81. The van der Waals surface area contributed by atoms with Crippen molar-refractivity contribution in [3.63, 3.8) is 0 Å².